The van der Waals surface area contributed by atoms with Crippen LogP contribution in [0.1, 0.15) is 219 Å². The summed E-state index contributed by atoms with van der Waals surface area (Å²) in [5.74, 6) is -0.702. The lowest BCUT2D eigenvalue weighted by atomic mass is 10.0. The highest BCUT2D eigenvalue weighted by Crippen LogP contribution is 2.16. The lowest BCUT2D eigenvalue weighted by molar-refractivity contribution is -0.161. The number of unbranched alkanes of at least 4 members (excludes halogenated alkanes) is 28. The first-order valence-corrected chi connectivity index (χ1v) is 20.3. The highest BCUT2D eigenvalue weighted by molar-refractivity contribution is 6.32. The highest BCUT2D eigenvalue weighted by atomic mass is 16.6. The first-order chi connectivity index (χ1) is 23.0. The van der Waals surface area contributed by atoms with Gasteiger partial charge in [0.15, 0.2) is 6.10 Å². The molecule has 0 bridgehead atoms. The molecule has 0 aromatic rings. The average Bonchev–Trinajstić information content (AvgIpc) is 3.05. The van der Waals surface area contributed by atoms with Gasteiger partial charge in [-0.05, 0) is 12.8 Å². The predicted octanol–water partition coefficient (Wildman–Crippen LogP) is 11.0. The Morgan fingerprint density at radius 1 is 0.447 bits per heavy atom. The number of ether oxygens (including phenoxy) is 2. The second-order valence-electron chi connectivity index (χ2n) is 13.9. The average molecular weight is 669 g/mol. The molecule has 0 aliphatic rings. The first-order valence-electron chi connectivity index (χ1n) is 20.3. The van der Waals surface area contributed by atoms with Crippen LogP contribution in [0.4, 0.5) is 0 Å². The van der Waals surface area contributed by atoms with E-state index in [1.807, 2.05) is 0 Å². The van der Waals surface area contributed by atoms with Crippen molar-refractivity contribution in [1.82, 2.24) is 0 Å². The minimum atomic E-state index is -1.97. The summed E-state index contributed by atoms with van der Waals surface area (Å²) in [5, 5.41) is 18.1. The standard InChI is InChI=1S/C39H77BO7/c1-3-5-7-9-11-13-15-17-19-21-23-25-27-29-31-33-38(41)45-35-37(36-46-40(43)44)47-39(42)34-32-30-28-26-24-22-20-18-16-14-12-10-8-6-4-2/h37,43-44H,3-36H2,1-2H3. The highest BCUT2D eigenvalue weighted by Gasteiger charge is 2.20. The van der Waals surface area contributed by atoms with Crippen molar-refractivity contribution in [2.45, 2.75) is 225 Å². The molecule has 2 N–H and O–H groups in total. The summed E-state index contributed by atoms with van der Waals surface area (Å²) in [6.45, 7) is 4.14. The number of carbonyl (C=O) groups is 2. The first kappa shape index (κ1) is 45.9. The quantitative estimate of drug-likeness (QED) is 0.0383. The summed E-state index contributed by atoms with van der Waals surface area (Å²) >= 11 is 0. The maximum atomic E-state index is 12.4. The topological polar surface area (TPSA) is 102 Å². The van der Waals surface area contributed by atoms with Gasteiger partial charge < -0.3 is 24.2 Å². The number of hydrogen-bond donors (Lipinski definition) is 2. The molecule has 0 rings (SSSR count). The van der Waals surface area contributed by atoms with Crippen LogP contribution in [0.5, 0.6) is 0 Å². The van der Waals surface area contributed by atoms with Gasteiger partial charge in [0.2, 0.25) is 0 Å². The van der Waals surface area contributed by atoms with Gasteiger partial charge in [-0.25, -0.2) is 0 Å². The Labute approximate surface area is 291 Å². The van der Waals surface area contributed by atoms with E-state index < -0.39 is 13.4 Å². The van der Waals surface area contributed by atoms with Crippen LogP contribution in [0, 0.1) is 0 Å². The van der Waals surface area contributed by atoms with Crippen molar-refractivity contribution in [3.8, 4) is 0 Å². The molecular formula is C39H77BO7. The van der Waals surface area contributed by atoms with E-state index in [1.54, 1.807) is 0 Å². The second kappa shape index (κ2) is 37.7. The zero-order valence-corrected chi connectivity index (χ0v) is 31.1. The third-order valence-corrected chi connectivity index (χ3v) is 9.13. The molecule has 0 fully saturated rings. The van der Waals surface area contributed by atoms with Crippen LogP contribution in [0.2, 0.25) is 0 Å². The van der Waals surface area contributed by atoms with Gasteiger partial charge in [0.05, 0.1) is 6.61 Å². The fourth-order valence-corrected chi connectivity index (χ4v) is 6.09. The molecule has 0 aliphatic heterocycles. The Morgan fingerprint density at radius 2 is 0.745 bits per heavy atom. The van der Waals surface area contributed by atoms with Gasteiger partial charge in [0.25, 0.3) is 0 Å². The zero-order valence-electron chi connectivity index (χ0n) is 31.1. The van der Waals surface area contributed by atoms with Crippen LogP contribution in [0.15, 0.2) is 0 Å². The molecule has 0 radical (unpaired) electrons. The smallest absolute Gasteiger partial charge is 0.462 e. The van der Waals surface area contributed by atoms with E-state index in [0.29, 0.717) is 12.8 Å². The van der Waals surface area contributed by atoms with E-state index in [4.69, 9.17) is 24.2 Å². The molecule has 0 saturated carbocycles. The Kier molecular flexibility index (Phi) is 36.8. The maximum Gasteiger partial charge on any atom is 0.634 e. The fraction of sp³-hybridized carbons (Fsp3) is 0.949. The molecule has 0 amide bonds. The van der Waals surface area contributed by atoms with Crippen molar-refractivity contribution in [1.29, 1.82) is 0 Å². The molecule has 1 unspecified atom stereocenters. The molecule has 0 saturated heterocycles. The van der Waals surface area contributed by atoms with Gasteiger partial charge in [0.1, 0.15) is 6.61 Å². The number of hydrogen-bond acceptors (Lipinski definition) is 7. The summed E-state index contributed by atoms with van der Waals surface area (Å²) in [6, 6.07) is 0. The van der Waals surface area contributed by atoms with Crippen molar-refractivity contribution in [2.24, 2.45) is 0 Å². The Hall–Kier alpha value is -1.12. The van der Waals surface area contributed by atoms with Crippen LogP contribution in [-0.2, 0) is 23.7 Å². The van der Waals surface area contributed by atoms with Crippen molar-refractivity contribution in [3.05, 3.63) is 0 Å². The lowest BCUT2D eigenvalue weighted by Crippen LogP contribution is -2.33. The van der Waals surface area contributed by atoms with Crippen molar-refractivity contribution in [3.63, 3.8) is 0 Å². The van der Waals surface area contributed by atoms with Gasteiger partial charge in [0, 0.05) is 12.8 Å². The van der Waals surface area contributed by atoms with Crippen molar-refractivity contribution < 1.29 is 33.8 Å². The SMILES string of the molecule is CCCCCCCCCCCCCCCCCC(=O)OCC(COB(O)O)OC(=O)CCCCCCCCCCCCCCCCC. The van der Waals surface area contributed by atoms with Gasteiger partial charge in [-0.15, -0.1) is 0 Å². The van der Waals surface area contributed by atoms with Crippen molar-refractivity contribution >= 4 is 19.3 Å². The molecule has 1 atom stereocenters. The third-order valence-electron chi connectivity index (χ3n) is 9.13. The summed E-state index contributed by atoms with van der Waals surface area (Å²) in [7, 11) is -1.97. The van der Waals surface area contributed by atoms with Crippen LogP contribution >= 0.6 is 0 Å². The predicted molar refractivity (Wildman–Crippen MR) is 196 cm³/mol. The van der Waals surface area contributed by atoms with Crippen LogP contribution in [0.25, 0.3) is 0 Å². The Morgan fingerprint density at radius 3 is 1.06 bits per heavy atom. The van der Waals surface area contributed by atoms with Gasteiger partial charge in [-0.3, -0.25) is 9.59 Å². The van der Waals surface area contributed by atoms with E-state index in [2.05, 4.69) is 13.8 Å². The van der Waals surface area contributed by atoms with Crippen LogP contribution < -0.4 is 0 Å². The fourth-order valence-electron chi connectivity index (χ4n) is 6.09. The number of rotatable bonds is 38. The number of carbonyl (C=O) groups excluding carboxylic acids is 2. The maximum absolute atomic E-state index is 12.4. The van der Waals surface area contributed by atoms with Gasteiger partial charge in [-0.2, -0.15) is 0 Å². The van der Waals surface area contributed by atoms with E-state index in [1.165, 1.54) is 154 Å². The normalized spacial score (nSPS) is 11.9. The molecular weight excluding hydrogens is 591 g/mol. The Bertz CT molecular complexity index is 661. The minimum Gasteiger partial charge on any atom is -0.462 e. The summed E-state index contributed by atoms with van der Waals surface area (Å²) in [5.41, 5.74) is 0. The summed E-state index contributed by atoms with van der Waals surface area (Å²) < 4.78 is 15.6. The minimum absolute atomic E-state index is 0.144. The van der Waals surface area contributed by atoms with Gasteiger partial charge in [-0.1, -0.05) is 194 Å². The molecule has 0 aromatic carbocycles. The monoisotopic (exact) mass is 669 g/mol. The molecule has 0 spiro atoms. The van der Waals surface area contributed by atoms with E-state index in [9.17, 15) is 9.59 Å². The second-order valence-corrected chi connectivity index (χ2v) is 13.9. The molecule has 278 valence electrons. The van der Waals surface area contributed by atoms with E-state index >= 15 is 0 Å². The summed E-state index contributed by atoms with van der Waals surface area (Å²) in [6.07, 6.45) is 37.8. The summed E-state index contributed by atoms with van der Waals surface area (Å²) in [4.78, 5) is 24.6. The number of esters is 2. The molecule has 8 heteroatoms. The molecule has 0 heterocycles. The van der Waals surface area contributed by atoms with E-state index in [-0.39, 0.29) is 25.2 Å². The van der Waals surface area contributed by atoms with E-state index in [0.717, 1.165) is 38.5 Å². The van der Waals surface area contributed by atoms with Gasteiger partial charge >= 0.3 is 19.3 Å². The molecule has 0 aliphatic carbocycles. The molecule has 0 aromatic heterocycles. The largest absolute Gasteiger partial charge is 0.634 e. The Balaban J connectivity index is 3.78. The third kappa shape index (κ3) is 37.6. The van der Waals surface area contributed by atoms with Crippen LogP contribution in [0.3, 0.4) is 0 Å². The molecule has 7 nitrogen and oxygen atoms in total. The molecule has 47 heavy (non-hydrogen) atoms. The van der Waals surface area contributed by atoms with Crippen LogP contribution in [-0.4, -0.2) is 48.6 Å². The van der Waals surface area contributed by atoms with Crippen molar-refractivity contribution in [2.75, 3.05) is 13.2 Å². The zero-order chi connectivity index (χ0) is 34.5. The lowest BCUT2D eigenvalue weighted by Gasteiger charge is -2.18.